The fourth-order valence-corrected chi connectivity index (χ4v) is 3.43. The fraction of sp³-hybridized carbons (Fsp3) is 0.143. The molecule has 0 saturated carbocycles. The first-order valence-electron chi connectivity index (χ1n) is 5.88. The van der Waals surface area contributed by atoms with E-state index in [9.17, 15) is 4.79 Å². The molecule has 96 valence electrons. The molecule has 0 aliphatic heterocycles. The molecule has 0 amide bonds. The second kappa shape index (κ2) is 5.11. The van der Waals surface area contributed by atoms with Crippen molar-refractivity contribution >= 4 is 38.9 Å². The third kappa shape index (κ3) is 2.39. The number of aromatic nitrogens is 1. The van der Waals surface area contributed by atoms with Crippen molar-refractivity contribution in [1.29, 1.82) is 0 Å². The summed E-state index contributed by atoms with van der Waals surface area (Å²) in [4.78, 5) is 17.6. The summed E-state index contributed by atoms with van der Waals surface area (Å²) in [7, 11) is 0. The minimum atomic E-state index is -0.252. The lowest BCUT2D eigenvalue weighted by Gasteiger charge is -1.98. The molecule has 2 heterocycles. The van der Waals surface area contributed by atoms with Crippen LogP contribution >= 0.6 is 22.7 Å². The topological polar surface area (TPSA) is 39.2 Å². The van der Waals surface area contributed by atoms with Crippen molar-refractivity contribution in [3.8, 4) is 10.4 Å². The first kappa shape index (κ1) is 12.3. The lowest BCUT2D eigenvalue weighted by atomic mass is 10.2. The van der Waals surface area contributed by atoms with Gasteiger partial charge in [-0.05, 0) is 36.8 Å². The van der Waals surface area contributed by atoms with E-state index in [4.69, 9.17) is 4.74 Å². The molecule has 0 bridgehead atoms. The molecule has 0 unspecified atom stereocenters. The molecule has 0 aliphatic rings. The lowest BCUT2D eigenvalue weighted by molar-refractivity contribution is 0.0532. The molecule has 0 fully saturated rings. The summed E-state index contributed by atoms with van der Waals surface area (Å²) in [6, 6.07) is 9.91. The van der Waals surface area contributed by atoms with Crippen LogP contribution in [0.5, 0.6) is 0 Å². The van der Waals surface area contributed by atoms with Gasteiger partial charge in [-0.3, -0.25) is 0 Å². The zero-order valence-electron chi connectivity index (χ0n) is 10.3. The highest BCUT2D eigenvalue weighted by Crippen LogP contribution is 2.31. The van der Waals surface area contributed by atoms with Crippen LogP contribution in [0.3, 0.4) is 0 Å². The Morgan fingerprint density at radius 2 is 2.21 bits per heavy atom. The van der Waals surface area contributed by atoms with Gasteiger partial charge in [-0.15, -0.1) is 22.7 Å². The van der Waals surface area contributed by atoms with Crippen LogP contribution < -0.4 is 0 Å². The second-order valence-electron chi connectivity index (χ2n) is 3.92. The van der Waals surface area contributed by atoms with Crippen molar-refractivity contribution in [3.05, 3.63) is 40.7 Å². The fourth-order valence-electron chi connectivity index (χ4n) is 1.81. The normalized spacial score (nSPS) is 10.8. The van der Waals surface area contributed by atoms with Gasteiger partial charge in [0.05, 0.1) is 22.3 Å². The van der Waals surface area contributed by atoms with E-state index >= 15 is 0 Å². The highest BCUT2D eigenvalue weighted by molar-refractivity contribution is 7.18. The molecule has 3 rings (SSSR count). The van der Waals surface area contributed by atoms with Gasteiger partial charge in [-0.1, -0.05) is 6.07 Å². The van der Waals surface area contributed by atoms with E-state index in [0.29, 0.717) is 11.5 Å². The average Bonchev–Trinajstić information content (AvgIpc) is 3.07. The van der Waals surface area contributed by atoms with Crippen LogP contribution in [0.15, 0.2) is 35.8 Å². The van der Waals surface area contributed by atoms with Crippen LogP contribution in [0.2, 0.25) is 0 Å². The Hall–Kier alpha value is -1.72. The molecule has 1 aromatic carbocycles. The van der Waals surface area contributed by atoms with E-state index in [0.717, 1.165) is 20.7 Å². The maximum Gasteiger partial charge on any atom is 0.348 e. The van der Waals surface area contributed by atoms with E-state index < -0.39 is 0 Å². The van der Waals surface area contributed by atoms with Crippen LogP contribution in [0.1, 0.15) is 16.6 Å². The van der Waals surface area contributed by atoms with Gasteiger partial charge in [-0.2, -0.15) is 0 Å². The number of ether oxygens (including phenoxy) is 1. The molecule has 5 heteroatoms. The molecule has 3 nitrogen and oxygen atoms in total. The molecule has 0 atom stereocenters. The standard InChI is InChI=1S/C14H11NO2S2/c1-2-17-14(16)12-6-5-11(19-12)9-3-4-10-13(7-9)18-8-15-10/h3-8H,2H2,1H3. The molecule has 3 aromatic rings. The Morgan fingerprint density at radius 3 is 3.05 bits per heavy atom. The summed E-state index contributed by atoms with van der Waals surface area (Å²) in [5, 5.41) is 0. The first-order valence-corrected chi connectivity index (χ1v) is 7.58. The maximum atomic E-state index is 11.6. The van der Waals surface area contributed by atoms with E-state index in [1.165, 1.54) is 11.3 Å². The summed E-state index contributed by atoms with van der Waals surface area (Å²) < 4.78 is 6.15. The second-order valence-corrected chi connectivity index (χ2v) is 5.89. The van der Waals surface area contributed by atoms with E-state index in [1.54, 1.807) is 11.3 Å². The predicted octanol–water partition coefficient (Wildman–Crippen LogP) is 4.20. The first-order chi connectivity index (χ1) is 9.28. The van der Waals surface area contributed by atoms with Gasteiger partial charge in [-0.25, -0.2) is 9.78 Å². The molecule has 0 aliphatic carbocycles. The van der Waals surface area contributed by atoms with E-state index in [-0.39, 0.29) is 5.97 Å². The summed E-state index contributed by atoms with van der Waals surface area (Å²) in [6.07, 6.45) is 0. The van der Waals surface area contributed by atoms with Gasteiger partial charge >= 0.3 is 5.97 Å². The number of hydrogen-bond donors (Lipinski definition) is 0. The highest BCUT2D eigenvalue weighted by Gasteiger charge is 2.11. The van der Waals surface area contributed by atoms with Gasteiger partial charge in [0.15, 0.2) is 0 Å². The molecule has 0 spiro atoms. The number of nitrogens with zero attached hydrogens (tertiary/aromatic N) is 1. The van der Waals surface area contributed by atoms with Crippen molar-refractivity contribution in [2.45, 2.75) is 6.92 Å². The molecular formula is C14H11NO2S2. The number of esters is 1. The molecule has 0 saturated heterocycles. The summed E-state index contributed by atoms with van der Waals surface area (Å²) >= 11 is 3.07. The van der Waals surface area contributed by atoms with Crippen LogP contribution in [0, 0.1) is 0 Å². The molecule has 0 radical (unpaired) electrons. The smallest absolute Gasteiger partial charge is 0.348 e. The largest absolute Gasteiger partial charge is 0.462 e. The minimum Gasteiger partial charge on any atom is -0.462 e. The van der Waals surface area contributed by atoms with Crippen LogP contribution in [-0.2, 0) is 4.74 Å². The lowest BCUT2D eigenvalue weighted by Crippen LogP contribution is -2.01. The van der Waals surface area contributed by atoms with E-state index in [2.05, 4.69) is 11.1 Å². The van der Waals surface area contributed by atoms with Gasteiger partial charge in [0, 0.05) is 4.88 Å². The molecule has 0 N–H and O–H groups in total. The van der Waals surface area contributed by atoms with Crippen LogP contribution in [0.4, 0.5) is 0 Å². The van der Waals surface area contributed by atoms with Crippen molar-refractivity contribution in [2.24, 2.45) is 0 Å². The Balaban J connectivity index is 1.95. The Kier molecular flexibility index (Phi) is 3.31. The minimum absolute atomic E-state index is 0.252. The van der Waals surface area contributed by atoms with Gasteiger partial charge in [0.1, 0.15) is 4.88 Å². The Bertz CT molecular complexity index is 730. The van der Waals surface area contributed by atoms with Crippen LogP contribution in [0.25, 0.3) is 20.7 Å². The van der Waals surface area contributed by atoms with Crippen molar-refractivity contribution in [3.63, 3.8) is 0 Å². The van der Waals surface area contributed by atoms with Crippen molar-refractivity contribution in [2.75, 3.05) is 6.61 Å². The predicted molar refractivity (Wildman–Crippen MR) is 78.9 cm³/mol. The molecular weight excluding hydrogens is 278 g/mol. The zero-order chi connectivity index (χ0) is 13.2. The summed E-state index contributed by atoms with van der Waals surface area (Å²) in [6.45, 7) is 2.21. The number of carbonyl (C=O) groups is 1. The number of carbonyl (C=O) groups excluding carboxylic acids is 1. The number of thiophene rings is 1. The SMILES string of the molecule is CCOC(=O)c1ccc(-c2ccc3ncsc3c2)s1. The monoisotopic (exact) mass is 289 g/mol. The quantitative estimate of drug-likeness (QED) is 0.678. The summed E-state index contributed by atoms with van der Waals surface area (Å²) in [5.74, 6) is -0.252. The van der Waals surface area contributed by atoms with Gasteiger partial charge < -0.3 is 4.74 Å². The number of rotatable bonds is 3. The third-order valence-corrected chi connectivity index (χ3v) is 4.60. The summed E-state index contributed by atoms with van der Waals surface area (Å²) in [5.41, 5.74) is 3.96. The number of thiazole rings is 1. The highest BCUT2D eigenvalue weighted by atomic mass is 32.1. The van der Waals surface area contributed by atoms with Crippen molar-refractivity contribution in [1.82, 2.24) is 4.98 Å². The number of hydrogen-bond acceptors (Lipinski definition) is 5. The van der Waals surface area contributed by atoms with Gasteiger partial charge in [0.2, 0.25) is 0 Å². The number of fused-ring (bicyclic) bond motifs is 1. The molecule has 2 aromatic heterocycles. The Morgan fingerprint density at radius 1 is 1.32 bits per heavy atom. The van der Waals surface area contributed by atoms with Crippen LogP contribution in [-0.4, -0.2) is 17.6 Å². The molecule has 19 heavy (non-hydrogen) atoms. The zero-order valence-corrected chi connectivity index (χ0v) is 11.9. The average molecular weight is 289 g/mol. The van der Waals surface area contributed by atoms with Crippen molar-refractivity contribution < 1.29 is 9.53 Å². The van der Waals surface area contributed by atoms with E-state index in [1.807, 2.05) is 36.7 Å². The van der Waals surface area contributed by atoms with Gasteiger partial charge in [0.25, 0.3) is 0 Å². The maximum absolute atomic E-state index is 11.6. The third-order valence-electron chi connectivity index (χ3n) is 2.70. The number of benzene rings is 1. The Labute approximate surface area is 118 Å².